The lowest BCUT2D eigenvalue weighted by atomic mass is 10.2. The number of hydrogen-bond donors (Lipinski definition) is 2. The highest BCUT2D eigenvalue weighted by molar-refractivity contribution is 5.55. The first-order chi connectivity index (χ1) is 9.72. The molecule has 1 fully saturated rings. The van der Waals surface area contributed by atoms with Crippen molar-refractivity contribution >= 4 is 0 Å². The fourth-order valence-corrected chi connectivity index (χ4v) is 2.48. The van der Waals surface area contributed by atoms with E-state index in [1.807, 2.05) is 6.92 Å². The maximum absolute atomic E-state index is 13.0. The van der Waals surface area contributed by atoms with Gasteiger partial charge in [0.05, 0.1) is 5.69 Å². The maximum atomic E-state index is 13.0. The van der Waals surface area contributed by atoms with Gasteiger partial charge in [-0.2, -0.15) is 0 Å². The van der Waals surface area contributed by atoms with Crippen molar-refractivity contribution in [2.24, 2.45) is 0 Å². The molecule has 1 saturated heterocycles. The van der Waals surface area contributed by atoms with E-state index in [-0.39, 0.29) is 5.82 Å². The van der Waals surface area contributed by atoms with E-state index < -0.39 is 0 Å². The average Bonchev–Trinajstić information content (AvgIpc) is 2.82. The lowest BCUT2D eigenvalue weighted by molar-refractivity contribution is 0.230. The van der Waals surface area contributed by atoms with E-state index >= 15 is 0 Å². The molecule has 0 bridgehead atoms. The van der Waals surface area contributed by atoms with Gasteiger partial charge in [-0.15, -0.1) is 0 Å². The number of aryl methyl sites for hydroxylation is 1. The van der Waals surface area contributed by atoms with Crippen molar-refractivity contribution in [3.63, 3.8) is 0 Å². The molecule has 1 aliphatic rings. The third-order valence-electron chi connectivity index (χ3n) is 3.69. The molecule has 2 N–H and O–H groups in total. The minimum absolute atomic E-state index is 0.224. The monoisotopic (exact) mass is 274 g/mol. The normalized spacial score (nSPS) is 16.5. The Hall–Kier alpha value is -1.72. The molecular weight excluding hydrogens is 255 g/mol. The van der Waals surface area contributed by atoms with Crippen LogP contribution < -0.4 is 5.32 Å². The predicted octanol–water partition coefficient (Wildman–Crippen LogP) is 1.93. The lowest BCUT2D eigenvalue weighted by Crippen LogP contribution is -2.43. The summed E-state index contributed by atoms with van der Waals surface area (Å²) in [5.74, 6) is 0.589. The van der Waals surface area contributed by atoms with Crippen LogP contribution in [0, 0.1) is 12.7 Å². The van der Waals surface area contributed by atoms with Crippen molar-refractivity contribution < 1.29 is 4.39 Å². The number of hydrogen-bond acceptors (Lipinski definition) is 3. The van der Waals surface area contributed by atoms with Crippen LogP contribution in [-0.2, 0) is 6.54 Å². The quantitative estimate of drug-likeness (QED) is 0.899. The highest BCUT2D eigenvalue weighted by Crippen LogP contribution is 2.19. The number of nitrogens with one attached hydrogen (secondary N) is 2. The van der Waals surface area contributed by atoms with Gasteiger partial charge in [-0.1, -0.05) is 0 Å². The number of rotatable bonds is 3. The third-order valence-corrected chi connectivity index (χ3v) is 3.69. The molecule has 0 saturated carbocycles. The van der Waals surface area contributed by atoms with Crippen molar-refractivity contribution in [1.29, 1.82) is 0 Å². The highest BCUT2D eigenvalue weighted by Gasteiger charge is 2.14. The summed E-state index contributed by atoms with van der Waals surface area (Å²) in [6, 6.07) is 6.43. The van der Waals surface area contributed by atoms with Crippen LogP contribution in [0.25, 0.3) is 11.4 Å². The number of piperazine rings is 1. The van der Waals surface area contributed by atoms with E-state index in [9.17, 15) is 4.39 Å². The minimum Gasteiger partial charge on any atom is -0.342 e. The fraction of sp³-hybridized carbons (Fsp3) is 0.400. The van der Waals surface area contributed by atoms with E-state index in [0.29, 0.717) is 0 Å². The molecule has 4 nitrogen and oxygen atoms in total. The first-order valence-electron chi connectivity index (χ1n) is 6.97. The SMILES string of the molecule is Cc1[nH]c(-c2ccc(F)cc2)nc1CN1CCNCC1. The van der Waals surface area contributed by atoms with Gasteiger partial charge in [0.25, 0.3) is 0 Å². The molecule has 3 rings (SSSR count). The number of aromatic nitrogens is 2. The van der Waals surface area contributed by atoms with Gasteiger partial charge in [-0.25, -0.2) is 9.37 Å². The Morgan fingerprint density at radius 3 is 2.60 bits per heavy atom. The summed E-state index contributed by atoms with van der Waals surface area (Å²) in [5.41, 5.74) is 3.08. The average molecular weight is 274 g/mol. The molecule has 0 amide bonds. The van der Waals surface area contributed by atoms with E-state index in [4.69, 9.17) is 0 Å². The van der Waals surface area contributed by atoms with Crippen LogP contribution in [-0.4, -0.2) is 41.0 Å². The van der Waals surface area contributed by atoms with Gasteiger partial charge >= 0.3 is 0 Å². The van der Waals surface area contributed by atoms with Crippen molar-refractivity contribution in [3.05, 3.63) is 41.5 Å². The van der Waals surface area contributed by atoms with Crippen LogP contribution in [0.3, 0.4) is 0 Å². The number of nitrogens with zero attached hydrogens (tertiary/aromatic N) is 2. The fourth-order valence-electron chi connectivity index (χ4n) is 2.48. The topological polar surface area (TPSA) is 44.0 Å². The van der Waals surface area contributed by atoms with E-state index in [0.717, 1.165) is 55.5 Å². The Kier molecular flexibility index (Phi) is 3.80. The molecule has 0 aliphatic carbocycles. The minimum atomic E-state index is -0.224. The van der Waals surface area contributed by atoms with Gasteiger partial charge in [0, 0.05) is 44.0 Å². The van der Waals surface area contributed by atoms with Crippen molar-refractivity contribution in [1.82, 2.24) is 20.2 Å². The highest BCUT2D eigenvalue weighted by atomic mass is 19.1. The molecule has 20 heavy (non-hydrogen) atoms. The molecule has 106 valence electrons. The number of imidazole rings is 1. The van der Waals surface area contributed by atoms with Crippen molar-refractivity contribution in [2.75, 3.05) is 26.2 Å². The number of aromatic amines is 1. The molecule has 1 aliphatic heterocycles. The van der Waals surface area contributed by atoms with Gasteiger partial charge in [-0.05, 0) is 31.2 Å². The predicted molar refractivity (Wildman–Crippen MR) is 76.9 cm³/mol. The zero-order chi connectivity index (χ0) is 13.9. The molecule has 2 aromatic rings. The molecule has 1 aromatic carbocycles. The van der Waals surface area contributed by atoms with E-state index in [1.165, 1.54) is 12.1 Å². The first kappa shape index (κ1) is 13.3. The summed E-state index contributed by atoms with van der Waals surface area (Å²) in [6.07, 6.45) is 0. The second-order valence-corrected chi connectivity index (χ2v) is 5.19. The number of benzene rings is 1. The lowest BCUT2D eigenvalue weighted by Gasteiger charge is -2.26. The Morgan fingerprint density at radius 2 is 1.90 bits per heavy atom. The zero-order valence-corrected chi connectivity index (χ0v) is 11.6. The number of halogens is 1. The maximum Gasteiger partial charge on any atom is 0.137 e. The van der Waals surface area contributed by atoms with Crippen LogP contribution in [0.4, 0.5) is 4.39 Å². The molecule has 1 aromatic heterocycles. The van der Waals surface area contributed by atoms with Gasteiger partial charge in [0.2, 0.25) is 0 Å². The van der Waals surface area contributed by atoms with E-state index in [1.54, 1.807) is 12.1 Å². The van der Waals surface area contributed by atoms with Crippen molar-refractivity contribution in [2.45, 2.75) is 13.5 Å². The summed E-state index contributed by atoms with van der Waals surface area (Å²) in [7, 11) is 0. The molecule has 0 spiro atoms. The summed E-state index contributed by atoms with van der Waals surface area (Å²) in [4.78, 5) is 10.4. The van der Waals surface area contributed by atoms with Crippen LogP contribution in [0.1, 0.15) is 11.4 Å². The van der Waals surface area contributed by atoms with Gasteiger partial charge in [0.1, 0.15) is 11.6 Å². The molecule has 0 radical (unpaired) electrons. The first-order valence-corrected chi connectivity index (χ1v) is 6.97. The molecule has 5 heteroatoms. The zero-order valence-electron chi connectivity index (χ0n) is 11.6. The second kappa shape index (κ2) is 5.73. The molecule has 2 heterocycles. The summed E-state index contributed by atoms with van der Waals surface area (Å²) in [5, 5.41) is 3.35. The van der Waals surface area contributed by atoms with Crippen LogP contribution in [0.15, 0.2) is 24.3 Å². The standard InChI is InChI=1S/C15H19FN4/c1-11-14(10-20-8-6-17-7-9-20)19-15(18-11)12-2-4-13(16)5-3-12/h2-5,17H,6-10H2,1H3,(H,18,19). The van der Waals surface area contributed by atoms with Crippen LogP contribution in [0.2, 0.25) is 0 Å². The van der Waals surface area contributed by atoms with Gasteiger partial charge < -0.3 is 10.3 Å². The van der Waals surface area contributed by atoms with Crippen molar-refractivity contribution in [3.8, 4) is 11.4 Å². The Bertz CT molecular complexity index is 570. The Balaban J connectivity index is 1.78. The molecular formula is C15H19FN4. The second-order valence-electron chi connectivity index (χ2n) is 5.19. The largest absolute Gasteiger partial charge is 0.342 e. The van der Waals surface area contributed by atoms with Gasteiger partial charge in [-0.3, -0.25) is 4.90 Å². The summed E-state index contributed by atoms with van der Waals surface area (Å²) in [6.45, 7) is 7.09. The summed E-state index contributed by atoms with van der Waals surface area (Å²) < 4.78 is 13.0. The Labute approximate surface area is 118 Å². The molecule has 0 atom stereocenters. The van der Waals surface area contributed by atoms with Crippen LogP contribution in [0.5, 0.6) is 0 Å². The third kappa shape index (κ3) is 2.89. The smallest absolute Gasteiger partial charge is 0.137 e. The Morgan fingerprint density at radius 1 is 1.20 bits per heavy atom. The van der Waals surface area contributed by atoms with E-state index in [2.05, 4.69) is 20.2 Å². The van der Waals surface area contributed by atoms with Crippen LogP contribution >= 0.6 is 0 Å². The molecule has 0 unspecified atom stereocenters. The number of H-pyrrole nitrogens is 1. The van der Waals surface area contributed by atoms with Gasteiger partial charge in [0.15, 0.2) is 0 Å². The summed E-state index contributed by atoms with van der Waals surface area (Å²) >= 11 is 0.